The lowest BCUT2D eigenvalue weighted by Crippen LogP contribution is -2.39. The lowest BCUT2D eigenvalue weighted by molar-refractivity contribution is 0.0945. The Labute approximate surface area is 157 Å². The van der Waals surface area contributed by atoms with Gasteiger partial charge in [0.05, 0.1) is 15.7 Å². The summed E-state index contributed by atoms with van der Waals surface area (Å²) in [5.41, 5.74) is 1.45. The summed E-state index contributed by atoms with van der Waals surface area (Å²) < 4.78 is 0. The van der Waals surface area contributed by atoms with Crippen molar-refractivity contribution in [3.63, 3.8) is 0 Å². The van der Waals surface area contributed by atoms with Crippen molar-refractivity contribution >= 4 is 34.9 Å². The van der Waals surface area contributed by atoms with Gasteiger partial charge in [-0.2, -0.15) is 5.10 Å². The molecule has 1 saturated heterocycles. The number of benzene rings is 1. The molecule has 0 aliphatic carbocycles. The van der Waals surface area contributed by atoms with Crippen LogP contribution in [0.15, 0.2) is 30.3 Å². The number of hydrogen-bond donors (Lipinski definition) is 1. The number of aryl methyl sites for hydroxylation is 1. The summed E-state index contributed by atoms with van der Waals surface area (Å²) in [5, 5.41) is 12.2. The van der Waals surface area contributed by atoms with Crippen LogP contribution in [-0.4, -0.2) is 35.7 Å². The van der Waals surface area contributed by atoms with E-state index in [0.29, 0.717) is 28.1 Å². The average Bonchev–Trinajstić information content (AvgIpc) is 2.63. The smallest absolute Gasteiger partial charge is 0.251 e. The summed E-state index contributed by atoms with van der Waals surface area (Å²) >= 11 is 11.8. The zero-order chi connectivity index (χ0) is 17.8. The number of rotatable bonds is 4. The monoisotopic (exact) mass is 378 g/mol. The Morgan fingerprint density at radius 2 is 1.92 bits per heavy atom. The largest absolute Gasteiger partial charge is 0.355 e. The van der Waals surface area contributed by atoms with Crippen LogP contribution >= 0.6 is 23.2 Å². The van der Waals surface area contributed by atoms with Crippen LogP contribution in [0.25, 0.3) is 0 Å². The zero-order valence-electron chi connectivity index (χ0n) is 14.0. The summed E-state index contributed by atoms with van der Waals surface area (Å²) in [6.07, 6.45) is 2.02. The summed E-state index contributed by atoms with van der Waals surface area (Å²) in [5.74, 6) is 1.26. The summed E-state index contributed by atoms with van der Waals surface area (Å²) in [6, 6.07) is 8.90. The summed E-state index contributed by atoms with van der Waals surface area (Å²) in [7, 11) is 0. The van der Waals surface area contributed by atoms with Crippen LogP contribution in [0, 0.1) is 12.8 Å². The molecule has 1 aliphatic heterocycles. The molecule has 2 aromatic rings. The number of halogens is 2. The van der Waals surface area contributed by atoms with Crippen LogP contribution in [-0.2, 0) is 0 Å². The highest BCUT2D eigenvalue weighted by molar-refractivity contribution is 6.42. The lowest BCUT2D eigenvalue weighted by atomic mass is 9.96. The van der Waals surface area contributed by atoms with Crippen LogP contribution in [0.4, 0.5) is 5.82 Å². The van der Waals surface area contributed by atoms with Gasteiger partial charge >= 0.3 is 0 Å². The van der Waals surface area contributed by atoms with Crippen LogP contribution in [0.5, 0.6) is 0 Å². The molecule has 0 radical (unpaired) electrons. The molecule has 1 aromatic heterocycles. The van der Waals surface area contributed by atoms with Gasteiger partial charge in [-0.05, 0) is 56.0 Å². The van der Waals surface area contributed by atoms with E-state index in [0.717, 1.165) is 37.4 Å². The Kier molecular flexibility index (Phi) is 5.76. The van der Waals surface area contributed by atoms with Gasteiger partial charge in [-0.3, -0.25) is 4.79 Å². The fourth-order valence-corrected chi connectivity index (χ4v) is 3.20. The second kappa shape index (κ2) is 8.02. The van der Waals surface area contributed by atoms with Crippen LogP contribution in [0.1, 0.15) is 28.9 Å². The van der Waals surface area contributed by atoms with E-state index in [2.05, 4.69) is 20.4 Å². The van der Waals surface area contributed by atoms with Crippen molar-refractivity contribution in [3.8, 4) is 0 Å². The van der Waals surface area contributed by atoms with Crippen LogP contribution in [0.2, 0.25) is 10.0 Å². The summed E-state index contributed by atoms with van der Waals surface area (Å²) in [4.78, 5) is 14.5. The molecular formula is C18H20Cl2N4O. The fourth-order valence-electron chi connectivity index (χ4n) is 2.90. The van der Waals surface area contributed by atoms with Crippen molar-refractivity contribution in [2.45, 2.75) is 19.8 Å². The van der Waals surface area contributed by atoms with Gasteiger partial charge in [-0.15, -0.1) is 5.10 Å². The van der Waals surface area contributed by atoms with Crippen molar-refractivity contribution in [1.82, 2.24) is 15.5 Å². The highest BCUT2D eigenvalue weighted by Gasteiger charge is 2.21. The third kappa shape index (κ3) is 4.61. The van der Waals surface area contributed by atoms with Crippen molar-refractivity contribution < 1.29 is 4.79 Å². The van der Waals surface area contributed by atoms with Gasteiger partial charge in [-0.1, -0.05) is 23.2 Å². The van der Waals surface area contributed by atoms with Gasteiger partial charge in [0.1, 0.15) is 0 Å². The molecule has 1 aromatic carbocycles. The third-order valence-electron chi connectivity index (χ3n) is 4.46. The molecule has 0 bridgehead atoms. The highest BCUT2D eigenvalue weighted by Crippen LogP contribution is 2.23. The van der Waals surface area contributed by atoms with E-state index in [-0.39, 0.29) is 5.91 Å². The maximum absolute atomic E-state index is 12.2. The van der Waals surface area contributed by atoms with E-state index >= 15 is 0 Å². The number of carbonyl (C=O) groups excluding carboxylic acids is 1. The Hall–Kier alpha value is -1.85. The molecule has 7 heteroatoms. The number of anilines is 1. The standard InChI is InChI=1S/C18H20Cl2N4O/c1-12-2-5-17(23-22-12)24-8-6-13(7-9-24)11-21-18(25)14-3-4-15(19)16(20)10-14/h2-5,10,13H,6-9,11H2,1H3,(H,21,25). The second-order valence-electron chi connectivity index (χ2n) is 6.30. The molecule has 132 valence electrons. The van der Waals surface area contributed by atoms with Crippen LogP contribution in [0.3, 0.4) is 0 Å². The predicted molar refractivity (Wildman–Crippen MR) is 101 cm³/mol. The molecule has 3 rings (SSSR count). The molecule has 2 heterocycles. The normalized spacial score (nSPS) is 15.2. The third-order valence-corrected chi connectivity index (χ3v) is 5.19. The van der Waals surface area contributed by atoms with E-state index < -0.39 is 0 Å². The Bertz CT molecular complexity index is 743. The number of hydrogen-bond acceptors (Lipinski definition) is 4. The van der Waals surface area contributed by atoms with Gasteiger partial charge < -0.3 is 10.2 Å². The SMILES string of the molecule is Cc1ccc(N2CCC(CNC(=O)c3ccc(Cl)c(Cl)c3)CC2)nn1. The first-order valence-electron chi connectivity index (χ1n) is 8.31. The molecule has 0 spiro atoms. The van der Waals surface area contributed by atoms with Crippen molar-refractivity contribution in [1.29, 1.82) is 0 Å². The van der Waals surface area contributed by atoms with Crippen molar-refractivity contribution in [2.24, 2.45) is 5.92 Å². The van der Waals surface area contributed by atoms with E-state index in [1.807, 2.05) is 19.1 Å². The first-order chi connectivity index (χ1) is 12.0. The number of amides is 1. The molecular weight excluding hydrogens is 359 g/mol. The van der Waals surface area contributed by atoms with E-state index in [4.69, 9.17) is 23.2 Å². The minimum atomic E-state index is -0.120. The number of piperidine rings is 1. The lowest BCUT2D eigenvalue weighted by Gasteiger charge is -2.32. The Balaban J connectivity index is 1.48. The Morgan fingerprint density at radius 3 is 2.56 bits per heavy atom. The van der Waals surface area contributed by atoms with Gasteiger partial charge in [-0.25, -0.2) is 0 Å². The van der Waals surface area contributed by atoms with Gasteiger partial charge in [0.25, 0.3) is 5.91 Å². The number of carbonyl (C=O) groups is 1. The summed E-state index contributed by atoms with van der Waals surface area (Å²) in [6.45, 7) is 4.43. The quantitative estimate of drug-likeness (QED) is 0.879. The zero-order valence-corrected chi connectivity index (χ0v) is 15.5. The molecule has 0 saturated carbocycles. The van der Waals surface area contributed by atoms with E-state index in [1.165, 1.54) is 0 Å². The molecule has 1 aliphatic rings. The highest BCUT2D eigenvalue weighted by atomic mass is 35.5. The maximum Gasteiger partial charge on any atom is 0.251 e. The minimum absolute atomic E-state index is 0.120. The Morgan fingerprint density at radius 1 is 1.16 bits per heavy atom. The van der Waals surface area contributed by atoms with Crippen molar-refractivity contribution in [3.05, 3.63) is 51.6 Å². The molecule has 5 nitrogen and oxygen atoms in total. The van der Waals surface area contributed by atoms with Gasteiger partial charge in [0.15, 0.2) is 5.82 Å². The topological polar surface area (TPSA) is 58.1 Å². The first kappa shape index (κ1) is 18.0. The van der Waals surface area contributed by atoms with E-state index in [1.54, 1.807) is 18.2 Å². The molecule has 0 atom stereocenters. The number of nitrogens with one attached hydrogen (secondary N) is 1. The molecule has 1 amide bonds. The molecule has 1 N–H and O–H groups in total. The first-order valence-corrected chi connectivity index (χ1v) is 9.07. The second-order valence-corrected chi connectivity index (χ2v) is 7.12. The van der Waals surface area contributed by atoms with Gasteiger partial charge in [0.2, 0.25) is 0 Å². The molecule has 0 unspecified atom stereocenters. The molecule has 25 heavy (non-hydrogen) atoms. The van der Waals surface area contributed by atoms with Crippen molar-refractivity contribution in [2.75, 3.05) is 24.5 Å². The fraction of sp³-hybridized carbons (Fsp3) is 0.389. The van der Waals surface area contributed by atoms with Crippen LogP contribution < -0.4 is 10.2 Å². The number of nitrogens with zero attached hydrogens (tertiary/aromatic N) is 3. The number of aromatic nitrogens is 2. The minimum Gasteiger partial charge on any atom is -0.355 e. The maximum atomic E-state index is 12.2. The predicted octanol–water partition coefficient (Wildman–Crippen LogP) is 3.74. The van der Waals surface area contributed by atoms with Gasteiger partial charge in [0, 0.05) is 25.2 Å². The van der Waals surface area contributed by atoms with E-state index in [9.17, 15) is 4.79 Å². The molecule has 1 fully saturated rings. The average molecular weight is 379 g/mol.